The highest BCUT2D eigenvalue weighted by atomic mass is 79.9. The highest BCUT2D eigenvalue weighted by molar-refractivity contribution is 9.10. The fourth-order valence-electron chi connectivity index (χ4n) is 0.868. The minimum atomic E-state index is 0.0283. The Labute approximate surface area is 85.5 Å². The summed E-state index contributed by atoms with van der Waals surface area (Å²) in [5.41, 5.74) is 6.26. The zero-order chi connectivity index (χ0) is 9.84. The summed E-state index contributed by atoms with van der Waals surface area (Å²) < 4.78 is 6.28. The standard InChI is InChI=1S/C9H11BrN2O/c1-6-4-7(2-3-8(6)10)13-5-9(11)12/h2-4H,5H2,1H3,(H3,11,12). The Kier molecular flexibility index (Phi) is 3.31. The van der Waals surface area contributed by atoms with Crippen LogP contribution in [0.1, 0.15) is 5.56 Å². The number of nitrogens with two attached hydrogens (primary N) is 1. The van der Waals surface area contributed by atoms with Crippen molar-refractivity contribution in [3.05, 3.63) is 28.2 Å². The summed E-state index contributed by atoms with van der Waals surface area (Å²) in [4.78, 5) is 0. The van der Waals surface area contributed by atoms with Crippen LogP contribution in [0.5, 0.6) is 5.75 Å². The minimum Gasteiger partial charge on any atom is -0.486 e. The molecule has 0 atom stereocenters. The molecule has 0 amide bonds. The van der Waals surface area contributed by atoms with Gasteiger partial charge in [-0.3, -0.25) is 5.41 Å². The number of hydrogen-bond donors (Lipinski definition) is 2. The van der Waals surface area contributed by atoms with Gasteiger partial charge >= 0.3 is 0 Å². The van der Waals surface area contributed by atoms with Crippen molar-refractivity contribution in [2.75, 3.05) is 6.61 Å². The molecule has 1 aromatic carbocycles. The second kappa shape index (κ2) is 4.28. The van der Waals surface area contributed by atoms with E-state index in [1.165, 1.54) is 0 Å². The van der Waals surface area contributed by atoms with Crippen LogP contribution in [0, 0.1) is 12.3 Å². The number of amidine groups is 1. The first-order valence-corrected chi connectivity index (χ1v) is 4.61. The van der Waals surface area contributed by atoms with Gasteiger partial charge in [0.1, 0.15) is 18.2 Å². The van der Waals surface area contributed by atoms with Crippen molar-refractivity contribution in [3.8, 4) is 5.75 Å². The van der Waals surface area contributed by atoms with Crippen LogP contribution >= 0.6 is 15.9 Å². The lowest BCUT2D eigenvalue weighted by Gasteiger charge is -2.06. The van der Waals surface area contributed by atoms with Crippen LogP contribution in [0.4, 0.5) is 0 Å². The van der Waals surface area contributed by atoms with Crippen LogP contribution < -0.4 is 10.5 Å². The van der Waals surface area contributed by atoms with Crippen LogP contribution in [0.2, 0.25) is 0 Å². The predicted octanol–water partition coefficient (Wildman–Crippen LogP) is 2.07. The summed E-state index contributed by atoms with van der Waals surface area (Å²) in [5.74, 6) is 0.761. The molecule has 0 bridgehead atoms. The van der Waals surface area contributed by atoms with E-state index in [0.29, 0.717) is 0 Å². The number of nitrogens with one attached hydrogen (secondary N) is 1. The van der Waals surface area contributed by atoms with Gasteiger partial charge in [-0.2, -0.15) is 0 Å². The summed E-state index contributed by atoms with van der Waals surface area (Å²) in [6.07, 6.45) is 0. The Morgan fingerprint density at radius 1 is 1.62 bits per heavy atom. The number of hydrogen-bond acceptors (Lipinski definition) is 2. The van der Waals surface area contributed by atoms with Gasteiger partial charge in [-0.05, 0) is 30.7 Å². The smallest absolute Gasteiger partial charge is 0.145 e. The Morgan fingerprint density at radius 2 is 2.31 bits per heavy atom. The fraction of sp³-hybridized carbons (Fsp3) is 0.222. The molecule has 0 fully saturated rings. The second-order valence-corrected chi connectivity index (χ2v) is 3.58. The number of aryl methyl sites for hydroxylation is 1. The van der Waals surface area contributed by atoms with Gasteiger partial charge in [0, 0.05) is 4.47 Å². The summed E-state index contributed by atoms with van der Waals surface area (Å²) >= 11 is 3.39. The van der Waals surface area contributed by atoms with Gasteiger partial charge in [-0.1, -0.05) is 15.9 Å². The van der Waals surface area contributed by atoms with Gasteiger partial charge in [0.25, 0.3) is 0 Å². The molecule has 0 unspecified atom stereocenters. The largest absolute Gasteiger partial charge is 0.486 e. The monoisotopic (exact) mass is 242 g/mol. The average Bonchev–Trinajstić information content (AvgIpc) is 2.07. The van der Waals surface area contributed by atoms with Crippen LogP contribution in [0.25, 0.3) is 0 Å². The SMILES string of the molecule is Cc1cc(OCC(=N)N)ccc1Br. The number of benzene rings is 1. The van der Waals surface area contributed by atoms with Crippen molar-refractivity contribution in [2.24, 2.45) is 5.73 Å². The topological polar surface area (TPSA) is 59.1 Å². The quantitative estimate of drug-likeness (QED) is 0.630. The molecule has 0 spiro atoms. The van der Waals surface area contributed by atoms with Crippen molar-refractivity contribution < 1.29 is 4.74 Å². The van der Waals surface area contributed by atoms with Gasteiger partial charge in [0.05, 0.1) is 0 Å². The summed E-state index contributed by atoms with van der Waals surface area (Å²) in [7, 11) is 0. The first-order valence-electron chi connectivity index (χ1n) is 3.81. The van der Waals surface area contributed by atoms with Gasteiger partial charge in [0.2, 0.25) is 0 Å². The van der Waals surface area contributed by atoms with E-state index >= 15 is 0 Å². The summed E-state index contributed by atoms with van der Waals surface area (Å²) in [6, 6.07) is 5.64. The Hall–Kier alpha value is -1.03. The average molecular weight is 243 g/mol. The lowest BCUT2D eigenvalue weighted by molar-refractivity contribution is 0.374. The van der Waals surface area contributed by atoms with Gasteiger partial charge < -0.3 is 10.5 Å². The van der Waals surface area contributed by atoms with Crippen molar-refractivity contribution in [2.45, 2.75) is 6.92 Å². The van der Waals surface area contributed by atoms with E-state index in [9.17, 15) is 0 Å². The number of rotatable bonds is 3. The molecule has 0 radical (unpaired) electrons. The summed E-state index contributed by atoms with van der Waals surface area (Å²) in [5, 5.41) is 6.98. The molecule has 3 nitrogen and oxygen atoms in total. The molecular weight excluding hydrogens is 232 g/mol. The molecule has 0 aliphatic rings. The van der Waals surface area contributed by atoms with Crippen molar-refractivity contribution in [1.82, 2.24) is 0 Å². The van der Waals surface area contributed by atoms with E-state index in [0.717, 1.165) is 15.8 Å². The Bertz CT molecular complexity index is 325. The van der Waals surface area contributed by atoms with Gasteiger partial charge in [-0.25, -0.2) is 0 Å². The fourth-order valence-corrected chi connectivity index (χ4v) is 1.11. The van der Waals surface area contributed by atoms with E-state index in [2.05, 4.69) is 15.9 Å². The Morgan fingerprint density at radius 3 is 2.85 bits per heavy atom. The minimum absolute atomic E-state index is 0.0283. The van der Waals surface area contributed by atoms with Crippen molar-refractivity contribution in [1.29, 1.82) is 5.41 Å². The van der Waals surface area contributed by atoms with Gasteiger partial charge in [-0.15, -0.1) is 0 Å². The zero-order valence-corrected chi connectivity index (χ0v) is 8.89. The molecule has 0 aromatic heterocycles. The number of halogens is 1. The maximum absolute atomic E-state index is 6.98. The molecular formula is C9H11BrN2O. The third-order valence-corrected chi connectivity index (χ3v) is 2.41. The van der Waals surface area contributed by atoms with E-state index < -0.39 is 0 Å². The lowest BCUT2D eigenvalue weighted by Crippen LogP contribution is -2.19. The maximum atomic E-state index is 6.98. The molecule has 4 heteroatoms. The van der Waals surface area contributed by atoms with E-state index in [-0.39, 0.29) is 12.4 Å². The van der Waals surface area contributed by atoms with E-state index in [1.54, 1.807) is 0 Å². The molecule has 0 saturated carbocycles. The van der Waals surface area contributed by atoms with E-state index in [1.807, 2.05) is 25.1 Å². The molecule has 0 aliphatic heterocycles. The molecule has 70 valence electrons. The van der Waals surface area contributed by atoms with Crippen LogP contribution in [-0.4, -0.2) is 12.4 Å². The third kappa shape index (κ3) is 3.06. The maximum Gasteiger partial charge on any atom is 0.145 e. The van der Waals surface area contributed by atoms with Crippen molar-refractivity contribution >= 4 is 21.8 Å². The molecule has 3 N–H and O–H groups in total. The molecule has 1 rings (SSSR count). The van der Waals surface area contributed by atoms with Crippen LogP contribution in [0.15, 0.2) is 22.7 Å². The molecule has 1 aromatic rings. The summed E-state index contributed by atoms with van der Waals surface area (Å²) in [6.45, 7) is 2.12. The van der Waals surface area contributed by atoms with Crippen LogP contribution in [0.3, 0.4) is 0 Å². The predicted molar refractivity (Wildman–Crippen MR) is 56.3 cm³/mol. The first kappa shape index (κ1) is 10.1. The molecule has 0 aliphatic carbocycles. The Balaban J connectivity index is 2.68. The molecule has 0 saturated heterocycles. The second-order valence-electron chi connectivity index (χ2n) is 2.72. The van der Waals surface area contributed by atoms with Crippen LogP contribution in [-0.2, 0) is 0 Å². The highest BCUT2D eigenvalue weighted by Crippen LogP contribution is 2.21. The highest BCUT2D eigenvalue weighted by Gasteiger charge is 1.98. The van der Waals surface area contributed by atoms with Crippen molar-refractivity contribution in [3.63, 3.8) is 0 Å². The number of ether oxygens (including phenoxy) is 1. The normalized spacial score (nSPS) is 9.69. The molecule has 0 heterocycles. The lowest BCUT2D eigenvalue weighted by atomic mass is 10.2. The van der Waals surface area contributed by atoms with Gasteiger partial charge in [0.15, 0.2) is 0 Å². The third-order valence-electron chi connectivity index (χ3n) is 1.52. The van der Waals surface area contributed by atoms with E-state index in [4.69, 9.17) is 15.9 Å². The zero-order valence-electron chi connectivity index (χ0n) is 7.30. The molecule has 13 heavy (non-hydrogen) atoms. The first-order chi connectivity index (χ1) is 6.09.